The van der Waals surface area contributed by atoms with Crippen LogP contribution < -0.4 is 11.0 Å². The average molecular weight is 509 g/mol. The van der Waals surface area contributed by atoms with Gasteiger partial charge in [-0.05, 0) is 38.8 Å². The van der Waals surface area contributed by atoms with Gasteiger partial charge in [-0.3, -0.25) is 9.68 Å². The third-order valence-corrected chi connectivity index (χ3v) is 4.90. The van der Waals surface area contributed by atoms with E-state index in [0.717, 1.165) is 23.3 Å². The zero-order valence-corrected chi connectivity index (χ0v) is 21.8. The number of ether oxygens (including phenoxy) is 4. The van der Waals surface area contributed by atoms with Crippen molar-refractivity contribution in [1.82, 2.24) is 11.0 Å². The zero-order chi connectivity index (χ0) is 26.9. The molecule has 0 saturated carbocycles. The molecule has 0 unspecified atom stereocenters. The smallest absolute Gasteiger partial charge is 0.330 e. The minimum atomic E-state index is -0.472. The van der Waals surface area contributed by atoms with Crippen molar-refractivity contribution in [2.45, 2.75) is 38.8 Å². The fourth-order valence-corrected chi connectivity index (χ4v) is 2.80. The number of carbonyl (C=O) groups is 2. The molecular weight excluding hydrogens is 468 g/mol. The quantitative estimate of drug-likeness (QED) is 0.118. The maximum absolute atomic E-state index is 11.0. The van der Waals surface area contributed by atoms with E-state index in [-0.39, 0.29) is 26.4 Å². The first-order valence-electron chi connectivity index (χ1n) is 11.7. The summed E-state index contributed by atoms with van der Waals surface area (Å²) in [4.78, 5) is 33.1. The first kappa shape index (κ1) is 31.4. The van der Waals surface area contributed by atoms with E-state index in [4.69, 9.17) is 28.6 Å². The molecule has 10 heteroatoms. The van der Waals surface area contributed by atoms with E-state index in [0.29, 0.717) is 26.4 Å². The summed E-state index contributed by atoms with van der Waals surface area (Å²) in [5, 5.41) is 0. The van der Waals surface area contributed by atoms with Crippen molar-refractivity contribution in [2.75, 3.05) is 52.9 Å². The van der Waals surface area contributed by atoms with E-state index in [2.05, 4.69) is 30.2 Å². The van der Waals surface area contributed by atoms with Gasteiger partial charge in [0.25, 0.3) is 0 Å². The molecule has 0 heterocycles. The number of rotatable bonds is 20. The monoisotopic (exact) mass is 508 g/mol. The Kier molecular flexibility index (Phi) is 14.8. The van der Waals surface area contributed by atoms with Crippen molar-refractivity contribution >= 4 is 11.9 Å². The van der Waals surface area contributed by atoms with Gasteiger partial charge in [0.2, 0.25) is 0 Å². The largest absolute Gasteiger partial charge is 0.460 e. The third-order valence-electron chi connectivity index (χ3n) is 4.90. The topological polar surface area (TPSA) is 114 Å². The molecule has 0 bridgehead atoms. The highest BCUT2D eigenvalue weighted by molar-refractivity contribution is 5.81. The minimum Gasteiger partial charge on any atom is -0.460 e. The second-order valence-electron chi connectivity index (χ2n) is 8.70. The summed E-state index contributed by atoms with van der Waals surface area (Å²) in [5.41, 5.74) is 7.29. The van der Waals surface area contributed by atoms with E-state index in [1.807, 2.05) is 45.9 Å². The summed E-state index contributed by atoms with van der Waals surface area (Å²) >= 11 is 0. The Bertz CT molecular complexity index is 763. The average Bonchev–Trinajstić information content (AvgIpc) is 2.86. The van der Waals surface area contributed by atoms with E-state index >= 15 is 0 Å². The fraction of sp³-hybridized carbons (Fsp3) is 0.538. The normalized spacial score (nSPS) is 11.7. The molecule has 10 nitrogen and oxygen atoms in total. The summed E-state index contributed by atoms with van der Waals surface area (Å²) in [6.45, 7) is 17.0. The lowest BCUT2D eigenvalue weighted by atomic mass is 9.88. The van der Waals surface area contributed by atoms with Crippen LogP contribution >= 0.6 is 0 Å². The van der Waals surface area contributed by atoms with Crippen LogP contribution in [0.4, 0.5) is 0 Å². The Labute approximate surface area is 213 Å². The van der Waals surface area contributed by atoms with Gasteiger partial charge in [-0.2, -0.15) is 11.0 Å². The van der Waals surface area contributed by atoms with E-state index < -0.39 is 23.0 Å². The molecule has 1 rings (SSSR count). The SMILES string of the molecule is C=CC(=O)OCCOCCONC(C)(C)c1cccc(C(C)(C)NOCCOCCOC(=O)C=C)c1. The van der Waals surface area contributed by atoms with Crippen molar-refractivity contribution in [3.05, 3.63) is 60.7 Å². The highest BCUT2D eigenvalue weighted by Crippen LogP contribution is 2.26. The second kappa shape index (κ2) is 17.0. The predicted molar refractivity (Wildman–Crippen MR) is 135 cm³/mol. The van der Waals surface area contributed by atoms with Crippen LogP contribution in [0, 0.1) is 0 Å². The lowest BCUT2D eigenvalue weighted by Crippen LogP contribution is -2.39. The maximum Gasteiger partial charge on any atom is 0.330 e. The van der Waals surface area contributed by atoms with Gasteiger partial charge < -0.3 is 18.9 Å². The molecule has 0 aliphatic carbocycles. The molecule has 0 aromatic heterocycles. The summed E-state index contributed by atoms with van der Waals surface area (Å²) in [7, 11) is 0. The Morgan fingerprint density at radius 2 is 1.11 bits per heavy atom. The van der Waals surface area contributed by atoms with Gasteiger partial charge in [0, 0.05) is 12.2 Å². The first-order chi connectivity index (χ1) is 17.1. The van der Waals surface area contributed by atoms with Crippen molar-refractivity contribution < 1.29 is 38.2 Å². The number of nitrogens with one attached hydrogen (secondary N) is 2. The number of hydrogen-bond acceptors (Lipinski definition) is 10. The standard InChI is InChI=1S/C26H40N2O8/c1-7-23(29)33-16-12-31-14-18-35-27-25(3,4)21-10-9-11-22(20-21)26(5,6)28-36-19-15-32-13-17-34-24(30)8-2/h7-11,20,27-28H,1-2,12-19H2,3-6H3. The van der Waals surface area contributed by atoms with Crippen LogP contribution in [0.3, 0.4) is 0 Å². The van der Waals surface area contributed by atoms with Gasteiger partial charge in [0.1, 0.15) is 13.2 Å². The molecule has 36 heavy (non-hydrogen) atoms. The van der Waals surface area contributed by atoms with E-state index in [1.165, 1.54) is 0 Å². The minimum absolute atomic E-state index is 0.171. The number of hydrogen-bond donors (Lipinski definition) is 2. The fourth-order valence-electron chi connectivity index (χ4n) is 2.80. The Hall–Kier alpha value is -2.60. The van der Waals surface area contributed by atoms with Gasteiger partial charge in [-0.25, -0.2) is 9.59 Å². The van der Waals surface area contributed by atoms with Crippen molar-refractivity contribution in [2.24, 2.45) is 0 Å². The zero-order valence-electron chi connectivity index (χ0n) is 21.8. The molecule has 0 atom stereocenters. The molecule has 2 N–H and O–H groups in total. The summed E-state index contributed by atoms with van der Waals surface area (Å²) in [6.07, 6.45) is 2.22. The number of carbonyl (C=O) groups excluding carboxylic acids is 2. The van der Waals surface area contributed by atoms with E-state index in [9.17, 15) is 9.59 Å². The van der Waals surface area contributed by atoms with Crippen LogP contribution in [0.15, 0.2) is 49.6 Å². The van der Waals surface area contributed by atoms with Crippen molar-refractivity contribution in [3.8, 4) is 0 Å². The number of benzene rings is 1. The van der Waals surface area contributed by atoms with Gasteiger partial charge >= 0.3 is 11.9 Å². The summed E-state index contributed by atoms with van der Waals surface area (Å²) in [6, 6.07) is 8.11. The van der Waals surface area contributed by atoms with Crippen molar-refractivity contribution in [1.29, 1.82) is 0 Å². The van der Waals surface area contributed by atoms with Gasteiger partial charge in [-0.15, -0.1) is 0 Å². The molecule has 1 aromatic rings. The predicted octanol–water partition coefficient (Wildman–Crippen LogP) is 2.69. The lowest BCUT2D eigenvalue weighted by molar-refractivity contribution is -0.140. The molecule has 0 fully saturated rings. The molecule has 0 spiro atoms. The Balaban J connectivity index is 2.37. The first-order valence-corrected chi connectivity index (χ1v) is 11.7. The highest BCUT2D eigenvalue weighted by atomic mass is 16.7. The van der Waals surface area contributed by atoms with Gasteiger partial charge in [-0.1, -0.05) is 37.4 Å². The highest BCUT2D eigenvalue weighted by Gasteiger charge is 2.25. The Morgan fingerprint density at radius 1 is 0.722 bits per heavy atom. The van der Waals surface area contributed by atoms with Crippen LogP contribution in [-0.2, 0) is 49.3 Å². The third kappa shape index (κ3) is 12.9. The molecule has 0 amide bonds. The van der Waals surface area contributed by atoms with Crippen LogP contribution in [0.1, 0.15) is 38.8 Å². The number of esters is 2. The molecular formula is C26H40N2O8. The van der Waals surface area contributed by atoms with E-state index in [1.54, 1.807) is 0 Å². The molecule has 0 saturated heterocycles. The van der Waals surface area contributed by atoms with Gasteiger partial charge in [0.15, 0.2) is 0 Å². The van der Waals surface area contributed by atoms with Crippen LogP contribution in [-0.4, -0.2) is 64.8 Å². The maximum atomic E-state index is 11.0. The molecule has 202 valence electrons. The summed E-state index contributed by atoms with van der Waals surface area (Å²) < 4.78 is 20.4. The lowest BCUT2D eigenvalue weighted by Gasteiger charge is -2.30. The van der Waals surface area contributed by atoms with Crippen molar-refractivity contribution in [3.63, 3.8) is 0 Å². The second-order valence-corrected chi connectivity index (χ2v) is 8.70. The van der Waals surface area contributed by atoms with Gasteiger partial charge in [0.05, 0.1) is 50.7 Å². The van der Waals surface area contributed by atoms with Crippen LogP contribution in [0.5, 0.6) is 0 Å². The molecule has 0 radical (unpaired) electrons. The number of hydroxylamine groups is 2. The summed E-state index contributed by atoms with van der Waals surface area (Å²) in [5.74, 6) is -0.944. The molecule has 0 aliphatic rings. The molecule has 0 aliphatic heterocycles. The van der Waals surface area contributed by atoms with Crippen LogP contribution in [0.2, 0.25) is 0 Å². The molecule has 1 aromatic carbocycles. The Morgan fingerprint density at radius 3 is 1.50 bits per heavy atom. The van der Waals surface area contributed by atoms with Crippen LogP contribution in [0.25, 0.3) is 0 Å².